The lowest BCUT2D eigenvalue weighted by atomic mass is 10.0. The molecule has 40 heavy (non-hydrogen) atoms. The molecule has 9 nitrogen and oxygen atoms in total. The molecule has 2 aromatic carbocycles. The number of nitrogens with zero attached hydrogens (tertiary/aromatic N) is 4. The summed E-state index contributed by atoms with van der Waals surface area (Å²) in [6.45, 7) is 0.849. The molecule has 0 spiro atoms. The number of pyridine rings is 2. The molecule has 3 aromatic heterocycles. The van der Waals surface area contributed by atoms with Crippen molar-refractivity contribution in [3.8, 4) is 0 Å². The monoisotopic (exact) mass is 555 g/mol. The number of halogens is 1. The van der Waals surface area contributed by atoms with Gasteiger partial charge < -0.3 is 15.0 Å². The number of hydrogen-bond acceptors (Lipinski definition) is 5. The number of benzene rings is 2. The summed E-state index contributed by atoms with van der Waals surface area (Å²) in [4.78, 5) is 40.2. The van der Waals surface area contributed by atoms with E-state index in [1.807, 2.05) is 30.3 Å². The zero-order valence-corrected chi connectivity index (χ0v) is 22.2. The first kappa shape index (κ1) is 26.8. The highest BCUT2D eigenvalue weighted by molar-refractivity contribution is 6.31. The maximum atomic E-state index is 13.0. The summed E-state index contributed by atoms with van der Waals surface area (Å²) in [5.74, 6) is -1.21. The Morgan fingerprint density at radius 2 is 1.75 bits per heavy atom. The number of carboxylic acids is 1. The van der Waals surface area contributed by atoms with Gasteiger partial charge in [-0.05, 0) is 53.4 Å². The number of aromatic nitrogens is 4. The van der Waals surface area contributed by atoms with Crippen LogP contribution in [-0.2, 0) is 30.8 Å². The van der Waals surface area contributed by atoms with Crippen molar-refractivity contribution in [3.63, 3.8) is 0 Å². The Bertz CT molecular complexity index is 1740. The molecule has 202 valence electrons. The lowest BCUT2D eigenvalue weighted by Crippen LogP contribution is -2.23. The smallest absolute Gasteiger partial charge is 0.305 e. The number of nitrogens with one attached hydrogen (secondary N) is 1. The first-order valence-corrected chi connectivity index (χ1v) is 13.1. The van der Waals surface area contributed by atoms with Crippen LogP contribution in [0, 0.1) is 0 Å². The molecule has 0 fully saturated rings. The molecule has 0 radical (unpaired) electrons. The second kappa shape index (κ2) is 12.0. The van der Waals surface area contributed by atoms with Gasteiger partial charge in [-0.3, -0.25) is 24.0 Å². The normalized spacial score (nSPS) is 11.0. The number of fused-ring (bicyclic) bond motifs is 1. The van der Waals surface area contributed by atoms with E-state index in [0.29, 0.717) is 29.2 Å². The van der Waals surface area contributed by atoms with Gasteiger partial charge in [0.05, 0.1) is 42.8 Å². The number of aryl methyl sites for hydroxylation is 1. The molecule has 0 saturated heterocycles. The van der Waals surface area contributed by atoms with Gasteiger partial charge in [-0.15, -0.1) is 0 Å². The van der Waals surface area contributed by atoms with Crippen molar-refractivity contribution in [3.05, 3.63) is 129 Å². The number of carboxylic acid groups (broad SMARTS) is 1. The van der Waals surface area contributed by atoms with E-state index in [2.05, 4.69) is 15.4 Å². The van der Waals surface area contributed by atoms with E-state index in [4.69, 9.17) is 16.7 Å². The number of carbonyl (C=O) groups is 2. The number of aliphatic carboxylic acids is 1. The van der Waals surface area contributed by atoms with E-state index in [0.717, 1.165) is 27.6 Å². The molecule has 10 heteroatoms. The largest absolute Gasteiger partial charge is 0.481 e. The molecular formula is C30H26ClN5O4. The van der Waals surface area contributed by atoms with E-state index in [9.17, 15) is 14.4 Å². The summed E-state index contributed by atoms with van der Waals surface area (Å²) in [7, 11) is 0. The zero-order valence-electron chi connectivity index (χ0n) is 21.5. The molecule has 5 aromatic rings. The summed E-state index contributed by atoms with van der Waals surface area (Å²) < 4.78 is 3.27. The number of carbonyl (C=O) groups excluding carboxylic acids is 1. The van der Waals surface area contributed by atoms with Crippen LogP contribution < -0.4 is 10.9 Å². The highest BCUT2D eigenvalue weighted by Crippen LogP contribution is 2.23. The molecule has 0 aliphatic rings. The van der Waals surface area contributed by atoms with Gasteiger partial charge in [0.1, 0.15) is 0 Å². The van der Waals surface area contributed by atoms with E-state index < -0.39 is 5.97 Å². The first-order valence-electron chi connectivity index (χ1n) is 12.7. The van der Waals surface area contributed by atoms with Crippen molar-refractivity contribution in [2.75, 3.05) is 0 Å². The summed E-state index contributed by atoms with van der Waals surface area (Å²) in [5, 5.41) is 17.7. The second-order valence-corrected chi connectivity index (χ2v) is 9.84. The molecule has 0 unspecified atom stereocenters. The van der Waals surface area contributed by atoms with Gasteiger partial charge in [0.25, 0.3) is 11.5 Å². The van der Waals surface area contributed by atoms with Crippen LogP contribution in [-0.4, -0.2) is 36.3 Å². The lowest BCUT2D eigenvalue weighted by molar-refractivity contribution is -0.137. The maximum Gasteiger partial charge on any atom is 0.305 e. The van der Waals surface area contributed by atoms with Crippen LogP contribution in [0.15, 0.2) is 90.1 Å². The van der Waals surface area contributed by atoms with Crippen LogP contribution in [0.3, 0.4) is 0 Å². The molecular weight excluding hydrogens is 530 g/mol. The Balaban J connectivity index is 1.24. The van der Waals surface area contributed by atoms with Gasteiger partial charge in [-0.2, -0.15) is 5.10 Å². The van der Waals surface area contributed by atoms with Crippen molar-refractivity contribution < 1.29 is 14.7 Å². The van der Waals surface area contributed by atoms with E-state index in [-0.39, 0.29) is 31.0 Å². The Kier molecular flexibility index (Phi) is 8.02. The Morgan fingerprint density at radius 1 is 0.950 bits per heavy atom. The molecule has 0 bridgehead atoms. The van der Waals surface area contributed by atoms with Gasteiger partial charge in [-0.25, -0.2) is 0 Å². The fourth-order valence-electron chi connectivity index (χ4n) is 4.48. The molecule has 0 aliphatic carbocycles. The van der Waals surface area contributed by atoms with Gasteiger partial charge in [0, 0.05) is 35.1 Å². The zero-order chi connectivity index (χ0) is 28.1. The quantitative estimate of drug-likeness (QED) is 0.265. The molecule has 3 heterocycles. The van der Waals surface area contributed by atoms with Crippen molar-refractivity contribution in [2.45, 2.75) is 32.5 Å². The van der Waals surface area contributed by atoms with Crippen molar-refractivity contribution in [1.82, 2.24) is 24.6 Å². The summed E-state index contributed by atoms with van der Waals surface area (Å²) >= 11 is 6.18. The summed E-state index contributed by atoms with van der Waals surface area (Å²) in [6.07, 6.45) is 5.53. The fourth-order valence-corrected chi connectivity index (χ4v) is 4.65. The van der Waals surface area contributed by atoms with Gasteiger partial charge >= 0.3 is 5.97 Å². The standard InChI is InChI=1S/C30H26ClN5O4/c31-24-8-9-27-25(15-24)26(34-36(27)12-10-29(38)39)18-33-30(40)23-14-22(16-32-17-23)13-20-4-6-21(7-5-20)19-35-11-2-1-3-28(35)37/h1-9,11,14-17H,10,12-13,18-19H2,(H,33,40)(H,38,39). The third-order valence-corrected chi connectivity index (χ3v) is 6.72. The SMILES string of the molecule is O=C(O)CCn1nc(CNC(=O)c2cncc(Cc3ccc(Cn4ccccc4=O)cc3)c2)c2cc(Cl)ccc21. The highest BCUT2D eigenvalue weighted by Gasteiger charge is 2.14. The summed E-state index contributed by atoms with van der Waals surface area (Å²) in [5.41, 5.74) is 4.68. The van der Waals surface area contributed by atoms with Crippen molar-refractivity contribution in [2.24, 2.45) is 0 Å². The molecule has 5 rings (SSSR count). The van der Waals surface area contributed by atoms with Gasteiger partial charge in [0.2, 0.25) is 0 Å². The van der Waals surface area contributed by atoms with Crippen LogP contribution in [0.2, 0.25) is 5.02 Å². The minimum atomic E-state index is -0.917. The third kappa shape index (κ3) is 6.44. The average Bonchev–Trinajstić information content (AvgIpc) is 3.29. The molecule has 0 saturated carbocycles. The predicted molar refractivity (Wildman–Crippen MR) is 151 cm³/mol. The predicted octanol–water partition coefficient (Wildman–Crippen LogP) is 4.29. The minimum absolute atomic E-state index is 0.0451. The van der Waals surface area contributed by atoms with Crippen LogP contribution in [0.1, 0.15) is 39.2 Å². The first-order chi connectivity index (χ1) is 19.4. The Hall–Kier alpha value is -4.76. The molecule has 1 amide bonds. The Labute approximate surface area is 234 Å². The lowest BCUT2D eigenvalue weighted by Gasteiger charge is -2.08. The van der Waals surface area contributed by atoms with E-state index >= 15 is 0 Å². The van der Waals surface area contributed by atoms with Crippen LogP contribution in [0.25, 0.3) is 10.9 Å². The number of hydrogen-bond donors (Lipinski definition) is 2. The minimum Gasteiger partial charge on any atom is -0.481 e. The van der Waals surface area contributed by atoms with Crippen LogP contribution in [0.4, 0.5) is 0 Å². The average molecular weight is 556 g/mol. The van der Waals surface area contributed by atoms with Gasteiger partial charge in [-0.1, -0.05) is 41.9 Å². The third-order valence-electron chi connectivity index (χ3n) is 6.48. The van der Waals surface area contributed by atoms with Crippen molar-refractivity contribution >= 4 is 34.4 Å². The van der Waals surface area contributed by atoms with Crippen LogP contribution in [0.5, 0.6) is 0 Å². The number of rotatable bonds is 10. The molecule has 0 aliphatic heterocycles. The molecule has 0 atom stereocenters. The Morgan fingerprint density at radius 3 is 2.52 bits per heavy atom. The van der Waals surface area contributed by atoms with Crippen molar-refractivity contribution in [1.29, 1.82) is 0 Å². The van der Waals surface area contributed by atoms with Crippen LogP contribution >= 0.6 is 11.6 Å². The highest BCUT2D eigenvalue weighted by atomic mass is 35.5. The second-order valence-electron chi connectivity index (χ2n) is 9.40. The van der Waals surface area contributed by atoms with Gasteiger partial charge in [0.15, 0.2) is 0 Å². The van der Waals surface area contributed by atoms with E-state index in [1.54, 1.807) is 52.0 Å². The summed E-state index contributed by atoms with van der Waals surface area (Å²) in [6, 6.07) is 20.2. The molecule has 2 N–H and O–H groups in total. The topological polar surface area (TPSA) is 119 Å². The number of amides is 1. The fraction of sp³-hybridized carbons (Fsp3) is 0.167. The van der Waals surface area contributed by atoms with E-state index in [1.165, 1.54) is 12.3 Å². The maximum absolute atomic E-state index is 13.0.